The third-order valence-corrected chi connectivity index (χ3v) is 4.33. The first-order valence-corrected chi connectivity index (χ1v) is 7.64. The van der Waals surface area contributed by atoms with Crippen LogP contribution in [0.1, 0.15) is 23.6 Å². The molecule has 0 aliphatic carbocycles. The van der Waals surface area contributed by atoms with Gasteiger partial charge in [-0.3, -0.25) is 19.3 Å². The molecule has 1 atom stereocenters. The van der Waals surface area contributed by atoms with Crippen LogP contribution in [0.2, 0.25) is 0 Å². The van der Waals surface area contributed by atoms with Gasteiger partial charge in [0.2, 0.25) is 5.91 Å². The van der Waals surface area contributed by atoms with Crippen molar-refractivity contribution in [2.24, 2.45) is 0 Å². The van der Waals surface area contributed by atoms with Crippen molar-refractivity contribution in [1.82, 2.24) is 15.1 Å². The zero-order valence-corrected chi connectivity index (χ0v) is 12.9. The maximum atomic E-state index is 12.6. The molecule has 0 spiro atoms. The Hall–Kier alpha value is -2.90. The van der Waals surface area contributed by atoms with Gasteiger partial charge < -0.3 is 15.3 Å². The quantitative estimate of drug-likeness (QED) is 0.763. The molecule has 8 heteroatoms. The van der Waals surface area contributed by atoms with Crippen LogP contribution in [0.5, 0.6) is 0 Å². The van der Waals surface area contributed by atoms with Crippen LogP contribution in [0.3, 0.4) is 0 Å². The minimum absolute atomic E-state index is 0.118. The Kier molecular flexibility index (Phi) is 4.20. The predicted octanol–water partition coefficient (Wildman–Crippen LogP) is 0.139. The third-order valence-electron chi connectivity index (χ3n) is 4.33. The molecule has 0 aromatic heterocycles. The number of hydrogen-bond donors (Lipinski definition) is 2. The van der Waals surface area contributed by atoms with E-state index in [0.717, 1.165) is 16.0 Å². The Labute approximate surface area is 138 Å². The molecule has 4 amide bonds. The first kappa shape index (κ1) is 16.0. The molecule has 0 bridgehead atoms. The second kappa shape index (κ2) is 6.31. The molecule has 2 aliphatic heterocycles. The summed E-state index contributed by atoms with van der Waals surface area (Å²) in [6.07, 6.45) is 0.390. The first-order valence-electron chi connectivity index (χ1n) is 7.64. The SMILES string of the molecule is O=C(O)C[C@@H]1c2ccccc2CCN1C(=O)CN1C(=O)CNC1=O. The second-order valence-corrected chi connectivity index (χ2v) is 5.79. The number of imide groups is 1. The summed E-state index contributed by atoms with van der Waals surface area (Å²) in [6, 6.07) is 6.22. The fourth-order valence-corrected chi connectivity index (χ4v) is 3.18. The highest BCUT2D eigenvalue weighted by atomic mass is 16.4. The molecular formula is C16H17N3O5. The van der Waals surface area contributed by atoms with E-state index in [1.54, 1.807) is 6.07 Å². The number of hydrogen-bond acceptors (Lipinski definition) is 4. The Morgan fingerprint density at radius 3 is 2.67 bits per heavy atom. The number of aliphatic carboxylic acids is 1. The maximum Gasteiger partial charge on any atom is 0.325 e. The zero-order chi connectivity index (χ0) is 17.3. The molecule has 0 unspecified atom stereocenters. The number of amides is 4. The third kappa shape index (κ3) is 2.94. The molecule has 1 fully saturated rings. The van der Waals surface area contributed by atoms with E-state index < -0.39 is 29.9 Å². The summed E-state index contributed by atoms with van der Waals surface area (Å²) in [6.45, 7) is -0.131. The Morgan fingerprint density at radius 2 is 2.00 bits per heavy atom. The van der Waals surface area contributed by atoms with Crippen LogP contribution >= 0.6 is 0 Å². The fourth-order valence-electron chi connectivity index (χ4n) is 3.18. The van der Waals surface area contributed by atoms with E-state index in [9.17, 15) is 24.3 Å². The molecule has 8 nitrogen and oxygen atoms in total. The van der Waals surface area contributed by atoms with E-state index in [2.05, 4.69) is 5.32 Å². The van der Waals surface area contributed by atoms with Crippen LogP contribution < -0.4 is 5.32 Å². The van der Waals surface area contributed by atoms with E-state index in [1.165, 1.54) is 4.90 Å². The lowest BCUT2D eigenvalue weighted by molar-refractivity contribution is -0.143. The molecule has 1 aromatic rings. The van der Waals surface area contributed by atoms with Crippen LogP contribution in [0.15, 0.2) is 24.3 Å². The van der Waals surface area contributed by atoms with Crippen molar-refractivity contribution in [3.05, 3.63) is 35.4 Å². The summed E-state index contributed by atoms with van der Waals surface area (Å²) in [7, 11) is 0. The van der Waals surface area contributed by atoms with Gasteiger partial charge in [-0.1, -0.05) is 24.3 Å². The Bertz CT molecular complexity index is 701. The number of fused-ring (bicyclic) bond motifs is 1. The molecule has 0 saturated carbocycles. The Morgan fingerprint density at radius 1 is 1.25 bits per heavy atom. The molecular weight excluding hydrogens is 314 g/mol. The molecule has 126 valence electrons. The number of nitrogens with one attached hydrogen (secondary N) is 1. The summed E-state index contributed by atoms with van der Waals surface area (Å²) < 4.78 is 0. The van der Waals surface area contributed by atoms with Crippen LogP contribution in [-0.2, 0) is 20.8 Å². The normalized spacial score (nSPS) is 19.9. The summed E-state index contributed by atoms with van der Waals surface area (Å²) in [4.78, 5) is 49.4. The zero-order valence-electron chi connectivity index (χ0n) is 12.9. The largest absolute Gasteiger partial charge is 0.481 e. The van der Waals surface area contributed by atoms with Crippen molar-refractivity contribution in [3.63, 3.8) is 0 Å². The van der Waals surface area contributed by atoms with E-state index >= 15 is 0 Å². The van der Waals surface area contributed by atoms with Gasteiger partial charge in [-0.15, -0.1) is 0 Å². The van der Waals surface area contributed by atoms with Crippen molar-refractivity contribution in [2.75, 3.05) is 19.6 Å². The summed E-state index contributed by atoms with van der Waals surface area (Å²) in [5.74, 6) is -1.90. The number of carbonyl (C=O) groups excluding carboxylic acids is 3. The number of carboxylic acid groups (broad SMARTS) is 1. The smallest absolute Gasteiger partial charge is 0.325 e. The van der Waals surface area contributed by atoms with E-state index in [1.807, 2.05) is 18.2 Å². The highest BCUT2D eigenvalue weighted by Gasteiger charge is 2.36. The van der Waals surface area contributed by atoms with Crippen LogP contribution in [-0.4, -0.2) is 58.4 Å². The minimum Gasteiger partial charge on any atom is -0.481 e. The lowest BCUT2D eigenvalue weighted by atomic mass is 9.90. The summed E-state index contributed by atoms with van der Waals surface area (Å²) in [5, 5.41) is 11.6. The van der Waals surface area contributed by atoms with Gasteiger partial charge in [-0.2, -0.15) is 0 Å². The molecule has 2 heterocycles. The standard InChI is InChI=1S/C16H17N3O5/c20-13-8-17-16(24)19(13)9-14(21)18-6-5-10-3-1-2-4-11(10)12(18)7-15(22)23/h1-4,12H,5-9H2,(H,17,24)(H,22,23)/t12-/m1/s1. The van der Waals surface area contributed by atoms with Gasteiger partial charge in [0.15, 0.2) is 0 Å². The molecule has 0 radical (unpaired) electrons. The molecule has 2 aliphatic rings. The highest BCUT2D eigenvalue weighted by Crippen LogP contribution is 2.32. The average molecular weight is 331 g/mol. The lowest BCUT2D eigenvalue weighted by Gasteiger charge is -2.37. The van der Waals surface area contributed by atoms with E-state index in [0.29, 0.717) is 13.0 Å². The average Bonchev–Trinajstić information content (AvgIpc) is 2.86. The monoisotopic (exact) mass is 331 g/mol. The van der Waals surface area contributed by atoms with Gasteiger partial charge in [0.05, 0.1) is 19.0 Å². The van der Waals surface area contributed by atoms with Crippen LogP contribution in [0.4, 0.5) is 4.79 Å². The molecule has 1 aromatic carbocycles. The predicted molar refractivity (Wildman–Crippen MR) is 82.0 cm³/mol. The summed E-state index contributed by atoms with van der Waals surface area (Å²) in [5.41, 5.74) is 1.82. The second-order valence-electron chi connectivity index (χ2n) is 5.79. The number of rotatable bonds is 4. The molecule has 2 N–H and O–H groups in total. The van der Waals surface area contributed by atoms with Crippen LogP contribution in [0, 0.1) is 0 Å². The van der Waals surface area contributed by atoms with Crippen molar-refractivity contribution in [1.29, 1.82) is 0 Å². The van der Waals surface area contributed by atoms with Crippen LogP contribution in [0.25, 0.3) is 0 Å². The number of urea groups is 1. The van der Waals surface area contributed by atoms with E-state index in [4.69, 9.17) is 0 Å². The van der Waals surface area contributed by atoms with Gasteiger partial charge in [0, 0.05) is 6.54 Å². The highest BCUT2D eigenvalue weighted by molar-refractivity contribution is 6.04. The lowest BCUT2D eigenvalue weighted by Crippen LogP contribution is -2.47. The van der Waals surface area contributed by atoms with Gasteiger partial charge in [0.25, 0.3) is 5.91 Å². The van der Waals surface area contributed by atoms with E-state index in [-0.39, 0.29) is 19.5 Å². The number of carbonyl (C=O) groups is 4. The van der Waals surface area contributed by atoms with Crippen molar-refractivity contribution in [3.8, 4) is 0 Å². The van der Waals surface area contributed by atoms with Gasteiger partial charge >= 0.3 is 12.0 Å². The minimum atomic E-state index is -1.01. The molecule has 3 rings (SSSR count). The van der Waals surface area contributed by atoms with Gasteiger partial charge in [0.1, 0.15) is 6.54 Å². The molecule has 24 heavy (non-hydrogen) atoms. The van der Waals surface area contributed by atoms with Crippen molar-refractivity contribution >= 4 is 23.8 Å². The first-order chi connectivity index (χ1) is 11.5. The fraction of sp³-hybridized carbons (Fsp3) is 0.375. The Balaban J connectivity index is 1.83. The molecule has 1 saturated heterocycles. The van der Waals surface area contributed by atoms with Crippen molar-refractivity contribution in [2.45, 2.75) is 18.9 Å². The number of carboxylic acids is 1. The van der Waals surface area contributed by atoms with Crippen molar-refractivity contribution < 1.29 is 24.3 Å². The summed E-state index contributed by atoms with van der Waals surface area (Å²) >= 11 is 0. The topological polar surface area (TPSA) is 107 Å². The number of nitrogens with zero attached hydrogens (tertiary/aromatic N) is 2. The van der Waals surface area contributed by atoms with Gasteiger partial charge in [-0.25, -0.2) is 4.79 Å². The number of benzene rings is 1. The van der Waals surface area contributed by atoms with Gasteiger partial charge in [-0.05, 0) is 17.5 Å². The maximum absolute atomic E-state index is 12.6.